The molecule has 0 aliphatic heterocycles. The summed E-state index contributed by atoms with van der Waals surface area (Å²) >= 11 is 0. The van der Waals surface area contributed by atoms with Crippen molar-refractivity contribution >= 4 is 5.91 Å². The molecule has 2 atom stereocenters. The van der Waals surface area contributed by atoms with Gasteiger partial charge >= 0.3 is 0 Å². The molecule has 1 aromatic carbocycles. The largest absolute Gasteiger partial charge is 0.337 e. The molecule has 0 saturated heterocycles. The average molecular weight is 285 g/mol. The Morgan fingerprint density at radius 3 is 2.57 bits per heavy atom. The van der Waals surface area contributed by atoms with Crippen molar-refractivity contribution in [3.05, 3.63) is 35.4 Å². The lowest BCUT2D eigenvalue weighted by Gasteiger charge is -2.33. The second-order valence-corrected chi connectivity index (χ2v) is 7.16. The van der Waals surface area contributed by atoms with Crippen LogP contribution in [0.1, 0.15) is 63.5 Å². The molecule has 2 aliphatic carbocycles. The fourth-order valence-corrected chi connectivity index (χ4v) is 3.61. The van der Waals surface area contributed by atoms with E-state index in [-0.39, 0.29) is 0 Å². The number of nitrogens with zero attached hydrogens (tertiary/aromatic N) is 1. The molecule has 2 heteroatoms. The van der Waals surface area contributed by atoms with Gasteiger partial charge in [0.1, 0.15) is 0 Å². The van der Waals surface area contributed by atoms with Gasteiger partial charge in [0.2, 0.25) is 5.91 Å². The molecule has 0 heterocycles. The number of carbonyl (C=O) groups is 1. The third kappa shape index (κ3) is 3.00. The van der Waals surface area contributed by atoms with Gasteiger partial charge in [-0.25, -0.2) is 0 Å². The molecule has 2 nitrogen and oxygen atoms in total. The minimum Gasteiger partial charge on any atom is -0.337 e. The Bertz CT molecular complexity index is 518. The van der Waals surface area contributed by atoms with E-state index in [1.807, 2.05) is 0 Å². The van der Waals surface area contributed by atoms with E-state index in [1.54, 1.807) is 0 Å². The van der Waals surface area contributed by atoms with Crippen LogP contribution in [0.2, 0.25) is 0 Å². The number of aryl methyl sites for hydroxylation is 1. The van der Waals surface area contributed by atoms with Crippen molar-refractivity contribution < 1.29 is 4.79 Å². The summed E-state index contributed by atoms with van der Waals surface area (Å²) in [5.74, 6) is 1.35. The van der Waals surface area contributed by atoms with Crippen LogP contribution in [0.3, 0.4) is 0 Å². The lowest BCUT2D eigenvalue weighted by Crippen LogP contribution is -2.43. The van der Waals surface area contributed by atoms with E-state index in [2.05, 4.69) is 49.9 Å². The maximum absolute atomic E-state index is 12.9. The topological polar surface area (TPSA) is 20.3 Å². The molecule has 0 aromatic heterocycles. The summed E-state index contributed by atoms with van der Waals surface area (Å²) in [6.07, 6.45) is 5.37. The van der Waals surface area contributed by atoms with Gasteiger partial charge in [-0.1, -0.05) is 38.1 Å². The van der Waals surface area contributed by atoms with E-state index >= 15 is 0 Å². The Balaban J connectivity index is 1.71. The van der Waals surface area contributed by atoms with Gasteiger partial charge in [0.15, 0.2) is 0 Å². The first-order valence-corrected chi connectivity index (χ1v) is 8.47. The van der Waals surface area contributed by atoms with Crippen molar-refractivity contribution in [1.82, 2.24) is 4.90 Å². The SMILES string of the molecule is CC(C)C(C)N(C(=O)CC1CCc2ccccc21)C1CC1. The Labute approximate surface area is 128 Å². The van der Waals surface area contributed by atoms with Crippen molar-refractivity contribution in [3.63, 3.8) is 0 Å². The molecule has 114 valence electrons. The summed E-state index contributed by atoms with van der Waals surface area (Å²) in [7, 11) is 0. The minimum atomic E-state index is 0.363. The average Bonchev–Trinajstić information content (AvgIpc) is 3.21. The molecule has 1 aromatic rings. The predicted octanol–water partition coefficient (Wildman–Crippen LogP) is 4.14. The fourth-order valence-electron chi connectivity index (χ4n) is 3.61. The van der Waals surface area contributed by atoms with Gasteiger partial charge in [0.05, 0.1) is 0 Å². The maximum Gasteiger partial charge on any atom is 0.223 e. The van der Waals surface area contributed by atoms with Crippen molar-refractivity contribution in [2.24, 2.45) is 5.92 Å². The van der Waals surface area contributed by atoms with Gasteiger partial charge in [-0.2, -0.15) is 0 Å². The van der Waals surface area contributed by atoms with Gasteiger partial charge in [0.25, 0.3) is 0 Å². The lowest BCUT2D eigenvalue weighted by molar-refractivity contribution is -0.135. The first kappa shape index (κ1) is 14.6. The second-order valence-electron chi connectivity index (χ2n) is 7.16. The normalized spacial score (nSPS) is 22.2. The summed E-state index contributed by atoms with van der Waals surface area (Å²) in [6.45, 7) is 6.65. The van der Waals surface area contributed by atoms with E-state index in [0.29, 0.717) is 36.2 Å². The molecule has 0 bridgehead atoms. The van der Waals surface area contributed by atoms with E-state index in [1.165, 1.54) is 24.0 Å². The zero-order valence-electron chi connectivity index (χ0n) is 13.5. The summed E-state index contributed by atoms with van der Waals surface area (Å²) in [5.41, 5.74) is 2.86. The van der Waals surface area contributed by atoms with Crippen LogP contribution in [0.5, 0.6) is 0 Å². The zero-order valence-corrected chi connectivity index (χ0v) is 13.5. The number of amides is 1. The fraction of sp³-hybridized carbons (Fsp3) is 0.632. The third-order valence-electron chi connectivity index (χ3n) is 5.31. The molecule has 1 fully saturated rings. The molecule has 0 spiro atoms. The van der Waals surface area contributed by atoms with Crippen LogP contribution < -0.4 is 0 Å². The van der Waals surface area contributed by atoms with Crippen molar-refractivity contribution in [2.75, 3.05) is 0 Å². The standard InChI is InChI=1S/C19H27NO/c1-13(2)14(3)20(17-10-11-17)19(21)12-16-9-8-15-6-4-5-7-18(15)16/h4-7,13-14,16-17H,8-12H2,1-3H3. The van der Waals surface area contributed by atoms with Crippen LogP contribution in [-0.4, -0.2) is 22.9 Å². The highest BCUT2D eigenvalue weighted by atomic mass is 16.2. The molecule has 0 N–H and O–H groups in total. The number of benzene rings is 1. The maximum atomic E-state index is 12.9. The van der Waals surface area contributed by atoms with Crippen molar-refractivity contribution in [1.29, 1.82) is 0 Å². The first-order valence-electron chi connectivity index (χ1n) is 8.47. The summed E-state index contributed by atoms with van der Waals surface area (Å²) < 4.78 is 0. The Kier molecular flexibility index (Phi) is 4.05. The monoisotopic (exact) mass is 285 g/mol. The third-order valence-corrected chi connectivity index (χ3v) is 5.31. The smallest absolute Gasteiger partial charge is 0.223 e. The highest BCUT2D eigenvalue weighted by Crippen LogP contribution is 2.38. The molecule has 1 amide bonds. The van der Waals surface area contributed by atoms with Crippen LogP contribution in [0.4, 0.5) is 0 Å². The second kappa shape index (κ2) is 5.82. The quantitative estimate of drug-likeness (QED) is 0.796. The molecule has 1 saturated carbocycles. The molecular weight excluding hydrogens is 258 g/mol. The van der Waals surface area contributed by atoms with Gasteiger partial charge in [0, 0.05) is 18.5 Å². The summed E-state index contributed by atoms with van der Waals surface area (Å²) in [5, 5.41) is 0. The van der Waals surface area contributed by atoms with Crippen LogP contribution in [0.15, 0.2) is 24.3 Å². The van der Waals surface area contributed by atoms with E-state index in [4.69, 9.17) is 0 Å². The summed E-state index contributed by atoms with van der Waals surface area (Å²) in [4.78, 5) is 15.1. The minimum absolute atomic E-state index is 0.363. The van der Waals surface area contributed by atoms with Crippen LogP contribution in [-0.2, 0) is 11.2 Å². The number of hydrogen-bond acceptors (Lipinski definition) is 1. The first-order chi connectivity index (χ1) is 10.1. The number of carbonyl (C=O) groups excluding carboxylic acids is 1. The molecule has 21 heavy (non-hydrogen) atoms. The van der Waals surface area contributed by atoms with Crippen molar-refractivity contribution in [3.8, 4) is 0 Å². The number of rotatable bonds is 5. The van der Waals surface area contributed by atoms with Crippen LogP contribution in [0.25, 0.3) is 0 Å². The highest BCUT2D eigenvalue weighted by molar-refractivity contribution is 5.78. The Morgan fingerprint density at radius 2 is 1.90 bits per heavy atom. The van der Waals surface area contributed by atoms with E-state index in [9.17, 15) is 4.79 Å². The Hall–Kier alpha value is -1.31. The predicted molar refractivity (Wildman–Crippen MR) is 86.3 cm³/mol. The van der Waals surface area contributed by atoms with Crippen molar-refractivity contribution in [2.45, 2.75) is 70.9 Å². The van der Waals surface area contributed by atoms with Gasteiger partial charge in [-0.05, 0) is 55.6 Å². The van der Waals surface area contributed by atoms with Gasteiger partial charge in [-0.15, -0.1) is 0 Å². The van der Waals surface area contributed by atoms with E-state index in [0.717, 1.165) is 12.8 Å². The molecular formula is C19H27NO. The lowest BCUT2D eigenvalue weighted by atomic mass is 9.96. The van der Waals surface area contributed by atoms with Gasteiger partial charge in [-0.3, -0.25) is 4.79 Å². The van der Waals surface area contributed by atoms with Crippen LogP contribution in [0, 0.1) is 5.92 Å². The number of hydrogen-bond donors (Lipinski definition) is 0. The molecule has 2 aliphatic rings. The zero-order chi connectivity index (χ0) is 15.0. The molecule has 0 radical (unpaired) electrons. The molecule has 3 rings (SSSR count). The summed E-state index contributed by atoms with van der Waals surface area (Å²) in [6, 6.07) is 9.54. The van der Waals surface area contributed by atoms with Gasteiger partial charge < -0.3 is 4.90 Å². The van der Waals surface area contributed by atoms with E-state index < -0.39 is 0 Å². The highest BCUT2D eigenvalue weighted by Gasteiger charge is 2.37. The Morgan fingerprint density at radius 1 is 1.19 bits per heavy atom. The molecule has 2 unspecified atom stereocenters. The number of fused-ring (bicyclic) bond motifs is 1. The van der Waals surface area contributed by atoms with Crippen LogP contribution >= 0.6 is 0 Å².